The monoisotopic (exact) mass is 326 g/mol. The lowest BCUT2D eigenvalue weighted by Gasteiger charge is -2.28. The van der Waals surface area contributed by atoms with Gasteiger partial charge in [-0.2, -0.15) is 15.0 Å². The van der Waals surface area contributed by atoms with Gasteiger partial charge in [-0.3, -0.25) is 4.90 Å². The third kappa shape index (κ3) is 6.79. The second-order valence-electron chi connectivity index (χ2n) is 6.36. The van der Waals surface area contributed by atoms with E-state index in [1.165, 1.54) is 11.8 Å². The van der Waals surface area contributed by atoms with Crippen molar-refractivity contribution in [1.82, 2.24) is 19.9 Å². The number of anilines is 2. The van der Waals surface area contributed by atoms with E-state index >= 15 is 0 Å². The van der Waals surface area contributed by atoms with Crippen LogP contribution in [0.5, 0.6) is 0 Å². The van der Waals surface area contributed by atoms with Crippen molar-refractivity contribution in [1.29, 1.82) is 0 Å². The predicted molar refractivity (Wildman–Crippen MR) is 95.5 cm³/mol. The van der Waals surface area contributed by atoms with Gasteiger partial charge in [0.05, 0.1) is 6.67 Å². The van der Waals surface area contributed by atoms with Gasteiger partial charge in [0.1, 0.15) is 0 Å². The van der Waals surface area contributed by atoms with Gasteiger partial charge in [0, 0.05) is 18.6 Å². The summed E-state index contributed by atoms with van der Waals surface area (Å²) in [6.07, 6.45) is 1.97. The number of rotatable bonds is 9. The molecule has 0 radical (unpaired) electrons. The van der Waals surface area contributed by atoms with Crippen molar-refractivity contribution in [2.24, 2.45) is 5.92 Å². The summed E-state index contributed by atoms with van der Waals surface area (Å²) in [7, 11) is 0. The van der Waals surface area contributed by atoms with E-state index in [-0.39, 0.29) is 6.04 Å². The highest BCUT2D eigenvalue weighted by atomic mass is 32.2. The topological polar surface area (TPSA) is 66.0 Å². The number of aromatic nitrogens is 3. The number of nitrogens with zero attached hydrogens (tertiary/aromatic N) is 4. The number of thioether (sulfide) groups is 1. The molecule has 0 fully saturated rings. The molecule has 2 N–H and O–H groups in total. The summed E-state index contributed by atoms with van der Waals surface area (Å²) in [5.41, 5.74) is 0. The molecule has 22 heavy (non-hydrogen) atoms. The molecule has 0 saturated heterocycles. The third-order valence-corrected chi connectivity index (χ3v) is 3.53. The van der Waals surface area contributed by atoms with Crippen molar-refractivity contribution in [2.45, 2.75) is 58.8 Å². The Morgan fingerprint density at radius 1 is 1.00 bits per heavy atom. The van der Waals surface area contributed by atoms with Gasteiger partial charge in [0.15, 0.2) is 5.16 Å². The summed E-state index contributed by atoms with van der Waals surface area (Å²) in [6.45, 7) is 14.8. The molecule has 0 aromatic carbocycles. The first kappa shape index (κ1) is 19.0. The molecular weight excluding hydrogens is 296 g/mol. The van der Waals surface area contributed by atoms with Gasteiger partial charge in [0.2, 0.25) is 11.9 Å². The highest BCUT2D eigenvalue weighted by Crippen LogP contribution is 2.14. The summed E-state index contributed by atoms with van der Waals surface area (Å²) in [6, 6.07) is 0.767. The van der Waals surface area contributed by atoms with Crippen LogP contribution in [0.1, 0.15) is 41.5 Å². The summed E-state index contributed by atoms with van der Waals surface area (Å²) in [4.78, 5) is 15.6. The zero-order valence-electron chi connectivity index (χ0n) is 14.8. The van der Waals surface area contributed by atoms with Crippen molar-refractivity contribution < 1.29 is 0 Å². The van der Waals surface area contributed by atoms with E-state index in [1.807, 2.05) is 6.26 Å². The van der Waals surface area contributed by atoms with Gasteiger partial charge in [0.25, 0.3) is 0 Å². The molecule has 0 atom stereocenters. The number of hydrogen-bond donors (Lipinski definition) is 2. The van der Waals surface area contributed by atoms with E-state index in [0.29, 0.717) is 23.9 Å². The fraction of sp³-hybridized carbons (Fsp3) is 0.800. The largest absolute Gasteiger partial charge is 0.352 e. The van der Waals surface area contributed by atoms with E-state index in [9.17, 15) is 0 Å². The molecule has 0 bridgehead atoms. The van der Waals surface area contributed by atoms with Gasteiger partial charge < -0.3 is 10.6 Å². The standard InChI is InChI=1S/C15H30N6S/c1-10(2)8-21(12(5)6)9-16-13-18-14(17-11(3)4)20-15(19-13)22-7/h10-12H,8-9H2,1-7H3,(H2,16,17,18,19,20). The van der Waals surface area contributed by atoms with Gasteiger partial charge in [-0.1, -0.05) is 25.6 Å². The highest BCUT2D eigenvalue weighted by Gasteiger charge is 2.12. The fourth-order valence-electron chi connectivity index (χ4n) is 1.95. The molecule has 0 saturated carbocycles. The fourth-order valence-corrected chi connectivity index (χ4v) is 2.30. The zero-order chi connectivity index (χ0) is 16.7. The van der Waals surface area contributed by atoms with E-state index in [4.69, 9.17) is 0 Å². The number of hydrogen-bond acceptors (Lipinski definition) is 7. The second-order valence-corrected chi connectivity index (χ2v) is 7.14. The molecule has 0 aliphatic rings. The van der Waals surface area contributed by atoms with E-state index in [2.05, 4.69) is 72.0 Å². The quantitative estimate of drug-likeness (QED) is 0.534. The highest BCUT2D eigenvalue weighted by molar-refractivity contribution is 7.98. The first-order chi connectivity index (χ1) is 10.3. The van der Waals surface area contributed by atoms with Crippen LogP contribution in [-0.4, -0.2) is 51.4 Å². The molecule has 0 amide bonds. The van der Waals surface area contributed by atoms with Crippen molar-refractivity contribution in [3.8, 4) is 0 Å². The van der Waals surface area contributed by atoms with Crippen LogP contribution in [0.25, 0.3) is 0 Å². The normalized spacial score (nSPS) is 11.8. The van der Waals surface area contributed by atoms with E-state index in [1.54, 1.807) is 0 Å². The summed E-state index contributed by atoms with van der Waals surface area (Å²) >= 11 is 1.52. The molecule has 0 aliphatic heterocycles. The van der Waals surface area contributed by atoms with Gasteiger partial charge in [-0.15, -0.1) is 0 Å². The molecule has 1 aromatic heterocycles. The molecule has 7 heteroatoms. The summed E-state index contributed by atoms with van der Waals surface area (Å²) < 4.78 is 0. The Morgan fingerprint density at radius 3 is 2.14 bits per heavy atom. The first-order valence-electron chi connectivity index (χ1n) is 7.86. The molecule has 0 aliphatic carbocycles. The van der Waals surface area contributed by atoms with Crippen LogP contribution in [0.2, 0.25) is 0 Å². The van der Waals surface area contributed by atoms with Crippen LogP contribution in [0.15, 0.2) is 5.16 Å². The molecular formula is C15H30N6S. The lowest BCUT2D eigenvalue weighted by molar-refractivity contribution is 0.211. The summed E-state index contributed by atoms with van der Waals surface area (Å²) in [5.74, 6) is 1.87. The van der Waals surface area contributed by atoms with Crippen LogP contribution in [0, 0.1) is 5.92 Å². The molecule has 126 valence electrons. The van der Waals surface area contributed by atoms with Gasteiger partial charge >= 0.3 is 0 Å². The average molecular weight is 327 g/mol. The molecule has 0 unspecified atom stereocenters. The van der Waals surface area contributed by atoms with Crippen LogP contribution in [0.4, 0.5) is 11.9 Å². The van der Waals surface area contributed by atoms with Gasteiger partial charge in [-0.05, 0) is 39.9 Å². The second kappa shape index (κ2) is 9.15. The lowest BCUT2D eigenvalue weighted by atomic mass is 10.2. The Labute approximate surface area is 138 Å². The molecule has 1 rings (SSSR count). The van der Waals surface area contributed by atoms with Crippen LogP contribution < -0.4 is 10.6 Å². The van der Waals surface area contributed by atoms with Gasteiger partial charge in [-0.25, -0.2) is 0 Å². The van der Waals surface area contributed by atoms with Crippen molar-refractivity contribution >= 4 is 23.7 Å². The molecule has 6 nitrogen and oxygen atoms in total. The smallest absolute Gasteiger partial charge is 0.229 e. The minimum atomic E-state index is 0.290. The van der Waals surface area contributed by atoms with Crippen LogP contribution >= 0.6 is 11.8 Å². The van der Waals surface area contributed by atoms with E-state index < -0.39 is 0 Å². The van der Waals surface area contributed by atoms with Crippen molar-refractivity contribution in [2.75, 3.05) is 30.1 Å². The maximum Gasteiger partial charge on any atom is 0.229 e. The predicted octanol–water partition coefficient (Wildman–Crippen LogP) is 3.15. The molecule has 0 spiro atoms. The lowest BCUT2D eigenvalue weighted by Crippen LogP contribution is -2.38. The third-order valence-electron chi connectivity index (χ3n) is 2.99. The average Bonchev–Trinajstić information content (AvgIpc) is 2.41. The van der Waals surface area contributed by atoms with Crippen molar-refractivity contribution in [3.63, 3.8) is 0 Å². The van der Waals surface area contributed by atoms with Crippen molar-refractivity contribution in [3.05, 3.63) is 0 Å². The first-order valence-corrected chi connectivity index (χ1v) is 9.08. The maximum atomic E-state index is 4.45. The maximum absolute atomic E-state index is 4.45. The Bertz CT molecular complexity index is 450. The van der Waals surface area contributed by atoms with E-state index in [0.717, 1.165) is 18.4 Å². The molecule has 1 aromatic rings. The number of nitrogens with one attached hydrogen (secondary N) is 2. The SMILES string of the molecule is CSc1nc(NCN(CC(C)C)C(C)C)nc(NC(C)C)n1. The Kier molecular flexibility index (Phi) is 7.89. The summed E-state index contributed by atoms with van der Waals surface area (Å²) in [5, 5.41) is 7.29. The zero-order valence-corrected chi connectivity index (χ0v) is 15.7. The minimum absolute atomic E-state index is 0.290. The Hall–Kier alpha value is -1.08. The molecule has 1 heterocycles. The van der Waals surface area contributed by atoms with Crippen LogP contribution in [0.3, 0.4) is 0 Å². The van der Waals surface area contributed by atoms with Crippen LogP contribution in [-0.2, 0) is 0 Å². The Balaban J connectivity index is 2.78. The minimum Gasteiger partial charge on any atom is -0.352 e. The Morgan fingerprint density at radius 2 is 1.64 bits per heavy atom.